The first-order chi connectivity index (χ1) is 3.81. The van der Waals surface area contributed by atoms with E-state index in [0.29, 0.717) is 25.2 Å². The Morgan fingerprint density at radius 3 is 2.62 bits per heavy atom. The molecule has 48 valence electrons. The summed E-state index contributed by atoms with van der Waals surface area (Å²) in [6, 6.07) is 0. The Morgan fingerprint density at radius 1 is 1.62 bits per heavy atom. The second-order valence-electron chi connectivity index (χ2n) is 1.68. The fourth-order valence-corrected chi connectivity index (χ4v) is 0.413. The molecule has 0 spiro atoms. The van der Waals surface area contributed by atoms with Crippen molar-refractivity contribution < 1.29 is 4.79 Å². The summed E-state index contributed by atoms with van der Waals surface area (Å²) < 4.78 is 0. The van der Waals surface area contributed by atoms with E-state index in [-0.39, 0.29) is 0 Å². The maximum absolute atomic E-state index is 10.5. The molecule has 0 aromatic rings. The minimum atomic E-state index is 0.301. The highest BCUT2D eigenvalue weighted by atomic mass is 16.1. The first-order valence-electron chi connectivity index (χ1n) is 2.88. The molecule has 2 heteroatoms. The highest BCUT2D eigenvalue weighted by Gasteiger charge is 1.89. The number of nitrogens with zero attached hydrogens (tertiary/aromatic N) is 1. The van der Waals surface area contributed by atoms with Gasteiger partial charge >= 0.3 is 0 Å². The summed E-state index contributed by atoms with van der Waals surface area (Å²) in [4.78, 5) is 10.5. The third-order valence-electron chi connectivity index (χ3n) is 1.01. The van der Waals surface area contributed by atoms with Crippen LogP contribution < -0.4 is 0 Å². The van der Waals surface area contributed by atoms with Gasteiger partial charge < -0.3 is 5.32 Å². The largest absolute Gasteiger partial charge is 0.665 e. The van der Waals surface area contributed by atoms with Crippen molar-refractivity contribution in [1.82, 2.24) is 0 Å². The number of hydrogen-bond donors (Lipinski definition) is 0. The molecule has 0 amide bonds. The Bertz CT molecular complexity index is 70.9. The second kappa shape index (κ2) is 4.78. The topological polar surface area (TPSA) is 31.2 Å². The maximum Gasteiger partial charge on any atom is 0.130 e. The zero-order valence-corrected chi connectivity index (χ0v) is 5.48. The van der Waals surface area contributed by atoms with Gasteiger partial charge in [-0.2, -0.15) is 7.05 Å². The first kappa shape index (κ1) is 7.63. The van der Waals surface area contributed by atoms with Crippen molar-refractivity contribution in [2.45, 2.75) is 19.8 Å². The minimum absolute atomic E-state index is 0.301. The molecule has 0 radical (unpaired) electrons. The van der Waals surface area contributed by atoms with E-state index in [0.717, 1.165) is 0 Å². The van der Waals surface area contributed by atoms with Crippen LogP contribution in [0.5, 0.6) is 0 Å². The molecule has 0 saturated heterocycles. The van der Waals surface area contributed by atoms with Crippen LogP contribution in [-0.2, 0) is 4.79 Å². The molecular weight excluding hydrogens is 102 g/mol. The fraction of sp³-hybridized carbons (Fsp3) is 0.833. The summed E-state index contributed by atoms with van der Waals surface area (Å²) in [6.45, 7) is 2.56. The molecule has 0 N–H and O–H groups in total. The molecule has 0 heterocycles. The molecule has 0 atom stereocenters. The quantitative estimate of drug-likeness (QED) is 0.543. The van der Waals surface area contributed by atoms with Gasteiger partial charge in [0.2, 0.25) is 0 Å². The summed E-state index contributed by atoms with van der Waals surface area (Å²) in [7, 11) is 1.73. The standard InChI is InChI=1S/C6H12NO/c1-3-6(8)4-5-7-2/h3-5H2,1-2H3/q-1. The van der Waals surface area contributed by atoms with E-state index < -0.39 is 0 Å². The summed E-state index contributed by atoms with van der Waals surface area (Å²) in [5, 5.41) is 3.80. The average molecular weight is 114 g/mol. The lowest BCUT2D eigenvalue weighted by Crippen LogP contribution is -1.96. The van der Waals surface area contributed by atoms with Gasteiger partial charge in [-0.3, -0.25) is 4.79 Å². The van der Waals surface area contributed by atoms with Crippen molar-refractivity contribution in [1.29, 1.82) is 0 Å². The van der Waals surface area contributed by atoms with Gasteiger partial charge in [-0.05, 0) is 6.42 Å². The normalized spacial score (nSPS) is 9.25. The van der Waals surface area contributed by atoms with Crippen molar-refractivity contribution in [3.8, 4) is 0 Å². The van der Waals surface area contributed by atoms with Gasteiger partial charge in [0.15, 0.2) is 0 Å². The molecule has 0 aliphatic rings. The van der Waals surface area contributed by atoms with E-state index in [1.165, 1.54) is 0 Å². The predicted molar refractivity (Wildman–Crippen MR) is 34.1 cm³/mol. The number of rotatable bonds is 4. The van der Waals surface area contributed by atoms with E-state index in [2.05, 4.69) is 5.32 Å². The summed E-state index contributed by atoms with van der Waals surface area (Å²) in [5.41, 5.74) is 0. The Labute approximate surface area is 50.3 Å². The second-order valence-corrected chi connectivity index (χ2v) is 1.68. The van der Waals surface area contributed by atoms with Gasteiger partial charge in [0, 0.05) is 6.42 Å². The number of carbonyl (C=O) groups excluding carboxylic acids is 1. The monoisotopic (exact) mass is 114 g/mol. The number of hydrogen-bond acceptors (Lipinski definition) is 1. The van der Waals surface area contributed by atoms with Crippen LogP contribution in [0.15, 0.2) is 0 Å². The number of ketones is 1. The molecule has 0 aliphatic heterocycles. The molecule has 0 aromatic carbocycles. The van der Waals surface area contributed by atoms with Gasteiger partial charge in [0.05, 0.1) is 0 Å². The van der Waals surface area contributed by atoms with Crippen molar-refractivity contribution in [3.05, 3.63) is 5.32 Å². The highest BCUT2D eigenvalue weighted by Crippen LogP contribution is 1.90. The van der Waals surface area contributed by atoms with Crippen molar-refractivity contribution in [2.75, 3.05) is 13.6 Å². The van der Waals surface area contributed by atoms with Crippen molar-refractivity contribution in [2.24, 2.45) is 0 Å². The van der Waals surface area contributed by atoms with Crippen LogP contribution >= 0.6 is 0 Å². The summed E-state index contributed by atoms with van der Waals surface area (Å²) >= 11 is 0. The molecule has 2 nitrogen and oxygen atoms in total. The third kappa shape index (κ3) is 3.81. The first-order valence-corrected chi connectivity index (χ1v) is 2.88. The predicted octanol–water partition coefficient (Wildman–Crippen LogP) is 1.36. The lowest BCUT2D eigenvalue weighted by Gasteiger charge is -2.07. The minimum Gasteiger partial charge on any atom is -0.665 e. The zero-order valence-electron chi connectivity index (χ0n) is 5.48. The van der Waals surface area contributed by atoms with E-state index in [4.69, 9.17) is 0 Å². The summed E-state index contributed by atoms with van der Waals surface area (Å²) in [5.74, 6) is 0.301. The van der Waals surface area contributed by atoms with E-state index in [1.807, 2.05) is 6.92 Å². The highest BCUT2D eigenvalue weighted by molar-refractivity contribution is 5.78. The Balaban J connectivity index is 2.99. The zero-order chi connectivity index (χ0) is 6.41. The number of Topliss-reactive ketones (excluding diaryl/α,β-unsaturated/α-hetero) is 1. The smallest absolute Gasteiger partial charge is 0.130 e. The van der Waals surface area contributed by atoms with Crippen LogP contribution in [0.25, 0.3) is 5.32 Å². The molecule has 0 fully saturated rings. The van der Waals surface area contributed by atoms with E-state index in [1.54, 1.807) is 7.05 Å². The fourth-order valence-electron chi connectivity index (χ4n) is 0.413. The van der Waals surface area contributed by atoms with Crippen LogP contribution in [0.1, 0.15) is 19.8 Å². The molecular formula is C6H12NO-. The lowest BCUT2D eigenvalue weighted by molar-refractivity contribution is -0.118. The SMILES string of the molecule is CCC(=O)CC[N-]C. The van der Waals surface area contributed by atoms with Crippen LogP contribution in [-0.4, -0.2) is 19.4 Å². The molecule has 0 unspecified atom stereocenters. The van der Waals surface area contributed by atoms with Gasteiger partial charge in [-0.1, -0.05) is 6.92 Å². The van der Waals surface area contributed by atoms with Gasteiger partial charge in [-0.15, -0.1) is 6.54 Å². The molecule has 0 aliphatic carbocycles. The average Bonchev–Trinajstić information content (AvgIpc) is 1.83. The maximum atomic E-state index is 10.5. The molecule has 0 aromatic heterocycles. The Kier molecular flexibility index (Phi) is 4.56. The molecule has 0 bridgehead atoms. The van der Waals surface area contributed by atoms with E-state index in [9.17, 15) is 4.79 Å². The Morgan fingerprint density at radius 2 is 2.25 bits per heavy atom. The van der Waals surface area contributed by atoms with Crippen molar-refractivity contribution >= 4 is 5.78 Å². The van der Waals surface area contributed by atoms with Crippen LogP contribution in [0.2, 0.25) is 0 Å². The van der Waals surface area contributed by atoms with Crippen LogP contribution in [0.3, 0.4) is 0 Å². The third-order valence-corrected chi connectivity index (χ3v) is 1.01. The lowest BCUT2D eigenvalue weighted by atomic mass is 10.2. The summed E-state index contributed by atoms with van der Waals surface area (Å²) in [6.07, 6.45) is 1.27. The van der Waals surface area contributed by atoms with Crippen molar-refractivity contribution in [3.63, 3.8) is 0 Å². The molecule has 8 heavy (non-hydrogen) atoms. The Hall–Kier alpha value is -0.370. The van der Waals surface area contributed by atoms with Gasteiger partial charge in [0.1, 0.15) is 5.78 Å². The van der Waals surface area contributed by atoms with Gasteiger partial charge in [0.25, 0.3) is 0 Å². The van der Waals surface area contributed by atoms with Crippen LogP contribution in [0.4, 0.5) is 0 Å². The molecule has 0 rings (SSSR count). The van der Waals surface area contributed by atoms with Crippen LogP contribution in [0, 0.1) is 0 Å². The van der Waals surface area contributed by atoms with Gasteiger partial charge in [-0.25, -0.2) is 0 Å². The van der Waals surface area contributed by atoms with E-state index >= 15 is 0 Å². The number of carbonyl (C=O) groups is 1. The molecule has 0 saturated carbocycles.